The molecule has 0 aromatic carbocycles. The van der Waals surface area contributed by atoms with E-state index in [0.717, 1.165) is 25.9 Å². The maximum Gasteiger partial charge on any atom is 0.170 e. The van der Waals surface area contributed by atoms with Crippen molar-refractivity contribution in [2.45, 2.75) is 25.9 Å². The number of rotatable bonds is 5. The molecule has 0 atom stereocenters. The van der Waals surface area contributed by atoms with E-state index in [4.69, 9.17) is 10.5 Å². The summed E-state index contributed by atoms with van der Waals surface area (Å²) < 4.78 is 4.18. The zero-order chi connectivity index (χ0) is 14.2. The molecule has 0 radical (unpaired) electrons. The summed E-state index contributed by atoms with van der Waals surface area (Å²) in [4.78, 5) is 0. The number of nitrogens with zero attached hydrogens (tertiary/aromatic N) is 4. The molecule has 0 bridgehead atoms. The highest BCUT2D eigenvalue weighted by atomic mass is 79.9. The van der Waals surface area contributed by atoms with Gasteiger partial charge in [0.05, 0.1) is 23.3 Å². The van der Waals surface area contributed by atoms with Gasteiger partial charge < -0.3 is 34.0 Å². The third-order valence-electron chi connectivity index (χ3n) is 3.12. The van der Waals surface area contributed by atoms with Crippen molar-refractivity contribution in [1.82, 2.24) is 0 Å². The first-order valence-electron chi connectivity index (χ1n) is 6.60. The molecule has 22 heavy (non-hydrogen) atoms. The second kappa shape index (κ2) is 10.9. The lowest BCUT2D eigenvalue weighted by Crippen LogP contribution is -3.00. The summed E-state index contributed by atoms with van der Waals surface area (Å²) in [5.41, 5.74) is 1.38. The van der Waals surface area contributed by atoms with Crippen LogP contribution in [-0.2, 0) is 13.1 Å². The van der Waals surface area contributed by atoms with E-state index in [1.165, 1.54) is 0 Å². The lowest BCUT2D eigenvalue weighted by atomic mass is 10.2. The molecular weight excluding hydrogens is 408 g/mol. The van der Waals surface area contributed by atoms with Crippen LogP contribution in [-0.4, -0.2) is 0 Å². The molecule has 2 aromatic heterocycles. The molecule has 0 aliphatic carbocycles. The summed E-state index contributed by atoms with van der Waals surface area (Å²) in [5.74, 6) is 0. The van der Waals surface area contributed by atoms with Crippen molar-refractivity contribution in [3.8, 4) is 12.1 Å². The Labute approximate surface area is 151 Å². The Morgan fingerprint density at radius 3 is 1.27 bits per heavy atom. The SMILES string of the molecule is N#Cc1cc[n+](CCCC[n+]2ccc(C#N)cc2)cc1.[Br-].[Br-]. The maximum atomic E-state index is 8.72. The first kappa shape index (κ1) is 20.2. The molecule has 0 aliphatic rings. The van der Waals surface area contributed by atoms with Gasteiger partial charge in [0.25, 0.3) is 0 Å². The summed E-state index contributed by atoms with van der Waals surface area (Å²) in [6.07, 6.45) is 9.90. The fourth-order valence-corrected chi connectivity index (χ4v) is 1.95. The van der Waals surface area contributed by atoms with Crippen LogP contribution in [0.15, 0.2) is 49.1 Å². The fourth-order valence-electron chi connectivity index (χ4n) is 1.95. The minimum absolute atomic E-state index is 0. The third kappa shape index (κ3) is 6.34. The Morgan fingerprint density at radius 2 is 1.00 bits per heavy atom. The number of aromatic nitrogens is 2. The van der Waals surface area contributed by atoms with Crippen LogP contribution in [0.2, 0.25) is 0 Å². The van der Waals surface area contributed by atoms with Crippen molar-refractivity contribution in [3.05, 3.63) is 60.2 Å². The Balaban J connectivity index is 0.00000220. The van der Waals surface area contributed by atoms with Gasteiger partial charge in [-0.15, -0.1) is 0 Å². The van der Waals surface area contributed by atoms with E-state index in [2.05, 4.69) is 21.3 Å². The molecule has 0 unspecified atom stereocenters. The minimum Gasteiger partial charge on any atom is -1.00 e. The van der Waals surface area contributed by atoms with Crippen LogP contribution in [0.5, 0.6) is 0 Å². The van der Waals surface area contributed by atoms with E-state index < -0.39 is 0 Å². The molecule has 0 N–H and O–H groups in total. The van der Waals surface area contributed by atoms with Crippen LogP contribution >= 0.6 is 0 Å². The first-order valence-corrected chi connectivity index (χ1v) is 6.60. The molecule has 2 aromatic rings. The van der Waals surface area contributed by atoms with E-state index in [0.29, 0.717) is 11.1 Å². The number of hydrogen-bond donors (Lipinski definition) is 0. The van der Waals surface area contributed by atoms with Crippen molar-refractivity contribution >= 4 is 0 Å². The molecule has 0 saturated carbocycles. The van der Waals surface area contributed by atoms with Crippen LogP contribution in [0.1, 0.15) is 24.0 Å². The van der Waals surface area contributed by atoms with Gasteiger partial charge in [-0.05, 0) is 0 Å². The zero-order valence-electron chi connectivity index (χ0n) is 12.0. The molecule has 0 aliphatic heterocycles. The van der Waals surface area contributed by atoms with Crippen molar-refractivity contribution < 1.29 is 43.1 Å². The number of hydrogen-bond acceptors (Lipinski definition) is 2. The first-order chi connectivity index (χ1) is 9.81. The predicted molar refractivity (Wildman–Crippen MR) is 71.9 cm³/mol. The Hall–Kier alpha value is -1.76. The van der Waals surface area contributed by atoms with Gasteiger partial charge in [-0.1, -0.05) is 0 Å². The number of nitriles is 2. The second-order valence-electron chi connectivity index (χ2n) is 4.58. The molecule has 0 spiro atoms. The van der Waals surface area contributed by atoms with Gasteiger partial charge in [-0.25, -0.2) is 9.13 Å². The molecule has 0 saturated heterocycles. The Morgan fingerprint density at radius 1 is 0.682 bits per heavy atom. The third-order valence-corrected chi connectivity index (χ3v) is 3.12. The summed E-state index contributed by atoms with van der Waals surface area (Å²) in [6.45, 7) is 1.89. The van der Waals surface area contributed by atoms with Crippen molar-refractivity contribution in [2.75, 3.05) is 0 Å². The Bertz CT molecular complexity index is 580. The van der Waals surface area contributed by atoms with Gasteiger partial charge in [0.15, 0.2) is 24.8 Å². The van der Waals surface area contributed by atoms with Crippen molar-refractivity contribution in [2.24, 2.45) is 0 Å². The van der Waals surface area contributed by atoms with E-state index in [-0.39, 0.29) is 34.0 Å². The lowest BCUT2D eigenvalue weighted by molar-refractivity contribution is -0.708. The van der Waals surface area contributed by atoms with E-state index in [1.807, 2.05) is 49.1 Å². The van der Waals surface area contributed by atoms with Gasteiger partial charge >= 0.3 is 0 Å². The molecule has 2 rings (SSSR count). The summed E-state index contributed by atoms with van der Waals surface area (Å²) in [6, 6.07) is 11.5. The molecular formula is C16H16Br2N4. The van der Waals surface area contributed by atoms with Gasteiger partial charge in [0.1, 0.15) is 13.1 Å². The van der Waals surface area contributed by atoms with Crippen LogP contribution in [0.4, 0.5) is 0 Å². The highest BCUT2D eigenvalue weighted by Crippen LogP contribution is 1.95. The van der Waals surface area contributed by atoms with Gasteiger partial charge in [-0.3, -0.25) is 0 Å². The summed E-state index contributed by atoms with van der Waals surface area (Å²) in [7, 11) is 0. The van der Waals surface area contributed by atoms with Gasteiger partial charge in [0, 0.05) is 37.1 Å². The van der Waals surface area contributed by atoms with Crippen LogP contribution in [0, 0.1) is 22.7 Å². The fraction of sp³-hybridized carbons (Fsp3) is 0.250. The molecule has 0 fully saturated rings. The predicted octanol–water partition coefficient (Wildman–Crippen LogP) is -4.51. The highest BCUT2D eigenvalue weighted by molar-refractivity contribution is 5.24. The summed E-state index contributed by atoms with van der Waals surface area (Å²) >= 11 is 0. The average molecular weight is 424 g/mol. The number of aryl methyl sites for hydroxylation is 2. The monoisotopic (exact) mass is 422 g/mol. The zero-order valence-corrected chi connectivity index (χ0v) is 15.2. The van der Waals surface area contributed by atoms with Gasteiger partial charge in [-0.2, -0.15) is 10.5 Å². The molecule has 114 valence electrons. The second-order valence-corrected chi connectivity index (χ2v) is 4.58. The van der Waals surface area contributed by atoms with Crippen molar-refractivity contribution in [3.63, 3.8) is 0 Å². The van der Waals surface area contributed by atoms with E-state index in [1.54, 1.807) is 0 Å². The standard InChI is InChI=1S/C16H16N4.2BrH/c17-13-15-3-9-19(10-4-15)7-1-2-8-20-11-5-16(14-18)6-12-20;;/h3-6,9-12H,1-2,7-8H2;2*1H/q+2;;/p-2. The van der Waals surface area contributed by atoms with Crippen molar-refractivity contribution in [1.29, 1.82) is 10.5 Å². The molecule has 2 heterocycles. The largest absolute Gasteiger partial charge is 1.00 e. The van der Waals surface area contributed by atoms with Crippen LogP contribution in [0.3, 0.4) is 0 Å². The number of halogens is 2. The Kier molecular flexibility index (Phi) is 10.0. The lowest BCUT2D eigenvalue weighted by Gasteiger charge is -1.97. The van der Waals surface area contributed by atoms with Crippen LogP contribution < -0.4 is 43.1 Å². The van der Waals surface area contributed by atoms with Gasteiger partial charge in [0.2, 0.25) is 0 Å². The normalized spacial score (nSPS) is 8.82. The quantitative estimate of drug-likeness (QED) is 0.359. The highest BCUT2D eigenvalue weighted by Gasteiger charge is 2.04. The minimum atomic E-state index is 0. The summed E-state index contributed by atoms with van der Waals surface area (Å²) in [5, 5.41) is 17.4. The average Bonchev–Trinajstić information content (AvgIpc) is 2.53. The molecule has 6 heteroatoms. The molecule has 0 amide bonds. The molecule has 4 nitrogen and oxygen atoms in total. The van der Waals surface area contributed by atoms with Crippen LogP contribution in [0.25, 0.3) is 0 Å². The van der Waals surface area contributed by atoms with E-state index >= 15 is 0 Å². The number of pyridine rings is 2. The topological polar surface area (TPSA) is 55.3 Å². The van der Waals surface area contributed by atoms with E-state index in [9.17, 15) is 0 Å². The maximum absolute atomic E-state index is 8.72. The number of unbranched alkanes of at least 4 members (excludes halogenated alkanes) is 1. The smallest absolute Gasteiger partial charge is 0.170 e.